The molecule has 1 fully saturated rings. The van der Waals surface area contributed by atoms with Gasteiger partial charge in [-0.25, -0.2) is 4.98 Å². The van der Waals surface area contributed by atoms with Gasteiger partial charge in [0.2, 0.25) is 0 Å². The third-order valence-corrected chi connectivity index (χ3v) is 3.12. The van der Waals surface area contributed by atoms with Gasteiger partial charge in [0.15, 0.2) is 0 Å². The zero-order chi connectivity index (χ0) is 10.7. The Hall–Kier alpha value is -0.680. The third kappa shape index (κ3) is 2.66. The van der Waals surface area contributed by atoms with E-state index in [1.807, 2.05) is 0 Å². The van der Waals surface area contributed by atoms with Crippen molar-refractivity contribution < 1.29 is 4.74 Å². The van der Waals surface area contributed by atoms with Crippen LogP contribution in [0.25, 0.3) is 0 Å². The van der Waals surface area contributed by atoms with Gasteiger partial charge < -0.3 is 9.72 Å². The Balaban J connectivity index is 2.08. The van der Waals surface area contributed by atoms with Crippen LogP contribution < -0.4 is 5.56 Å². The van der Waals surface area contributed by atoms with Crippen molar-refractivity contribution in [2.24, 2.45) is 0 Å². The summed E-state index contributed by atoms with van der Waals surface area (Å²) >= 11 is 3.24. The van der Waals surface area contributed by atoms with E-state index < -0.39 is 0 Å². The molecule has 0 radical (unpaired) electrons. The van der Waals surface area contributed by atoms with Gasteiger partial charge in [0.25, 0.3) is 5.56 Å². The molecule has 1 aliphatic rings. The lowest BCUT2D eigenvalue weighted by Gasteiger charge is -2.07. The van der Waals surface area contributed by atoms with Gasteiger partial charge in [-0.15, -0.1) is 0 Å². The molecule has 2 rings (SSSR count). The molecule has 1 aromatic heterocycles. The molecule has 0 amide bonds. The number of nitrogens with one attached hydrogen (secondary N) is 1. The average molecular weight is 273 g/mol. The number of hydrogen-bond acceptors (Lipinski definition) is 3. The van der Waals surface area contributed by atoms with E-state index in [2.05, 4.69) is 25.9 Å². The SMILES string of the molecule is O=c1[nH]c(CC2CCCO2)ncc1CBr. The van der Waals surface area contributed by atoms with Crippen LogP contribution in [0, 0.1) is 0 Å². The molecule has 82 valence electrons. The monoisotopic (exact) mass is 272 g/mol. The molecular weight excluding hydrogens is 260 g/mol. The fourth-order valence-corrected chi connectivity index (χ4v) is 2.08. The van der Waals surface area contributed by atoms with Crippen LogP contribution in [-0.2, 0) is 16.5 Å². The Kier molecular flexibility index (Phi) is 3.53. The van der Waals surface area contributed by atoms with Crippen LogP contribution in [0.1, 0.15) is 24.2 Å². The fraction of sp³-hybridized carbons (Fsp3) is 0.600. The Bertz CT molecular complexity index is 385. The van der Waals surface area contributed by atoms with Crippen LogP contribution in [-0.4, -0.2) is 22.7 Å². The molecule has 0 aromatic carbocycles. The summed E-state index contributed by atoms with van der Waals surface area (Å²) in [5, 5.41) is 0.537. The van der Waals surface area contributed by atoms with Gasteiger partial charge in [0, 0.05) is 30.1 Å². The number of rotatable bonds is 3. The number of hydrogen-bond donors (Lipinski definition) is 1. The van der Waals surface area contributed by atoms with Crippen LogP contribution >= 0.6 is 15.9 Å². The number of halogens is 1. The molecule has 2 heterocycles. The second kappa shape index (κ2) is 4.90. The molecule has 0 aliphatic carbocycles. The van der Waals surface area contributed by atoms with E-state index in [0.29, 0.717) is 17.3 Å². The van der Waals surface area contributed by atoms with E-state index in [4.69, 9.17) is 4.74 Å². The molecule has 5 heteroatoms. The summed E-state index contributed by atoms with van der Waals surface area (Å²) in [6.45, 7) is 0.828. The van der Waals surface area contributed by atoms with Crippen molar-refractivity contribution in [1.82, 2.24) is 9.97 Å². The third-order valence-electron chi connectivity index (χ3n) is 2.51. The van der Waals surface area contributed by atoms with E-state index in [9.17, 15) is 4.79 Å². The first-order chi connectivity index (χ1) is 7.29. The topological polar surface area (TPSA) is 55.0 Å². The number of ether oxygens (including phenoxy) is 1. The van der Waals surface area contributed by atoms with E-state index in [1.54, 1.807) is 6.20 Å². The molecule has 1 atom stereocenters. The summed E-state index contributed by atoms with van der Waals surface area (Å²) in [7, 11) is 0. The summed E-state index contributed by atoms with van der Waals surface area (Å²) in [5.74, 6) is 0.719. The average Bonchev–Trinajstić information content (AvgIpc) is 2.71. The molecule has 1 saturated heterocycles. The minimum atomic E-state index is -0.0603. The molecule has 1 aliphatic heterocycles. The summed E-state index contributed by atoms with van der Waals surface area (Å²) in [6.07, 6.45) is 4.72. The van der Waals surface area contributed by atoms with Gasteiger partial charge in [-0.2, -0.15) is 0 Å². The highest BCUT2D eigenvalue weighted by atomic mass is 79.9. The predicted molar refractivity (Wildman–Crippen MR) is 60.2 cm³/mol. The molecule has 15 heavy (non-hydrogen) atoms. The van der Waals surface area contributed by atoms with E-state index in [-0.39, 0.29) is 11.7 Å². The molecule has 0 spiro atoms. The fourth-order valence-electron chi connectivity index (χ4n) is 1.68. The maximum atomic E-state index is 11.5. The van der Waals surface area contributed by atoms with Gasteiger partial charge in [-0.1, -0.05) is 15.9 Å². The highest BCUT2D eigenvalue weighted by molar-refractivity contribution is 9.08. The summed E-state index contributed by atoms with van der Waals surface area (Å²) < 4.78 is 5.48. The van der Waals surface area contributed by atoms with Crippen molar-refractivity contribution in [3.8, 4) is 0 Å². The number of nitrogens with zero attached hydrogens (tertiary/aromatic N) is 1. The smallest absolute Gasteiger partial charge is 0.254 e. The first-order valence-electron chi connectivity index (χ1n) is 5.04. The van der Waals surface area contributed by atoms with Crippen LogP contribution in [0.15, 0.2) is 11.0 Å². The number of alkyl halides is 1. The number of aromatic nitrogens is 2. The second-order valence-corrected chi connectivity index (χ2v) is 4.22. The Labute approximate surface area is 96.2 Å². The van der Waals surface area contributed by atoms with Crippen molar-refractivity contribution in [1.29, 1.82) is 0 Å². The predicted octanol–water partition coefficient (Wildman–Crippen LogP) is 1.39. The van der Waals surface area contributed by atoms with Gasteiger partial charge in [0.05, 0.1) is 6.10 Å². The zero-order valence-electron chi connectivity index (χ0n) is 8.33. The normalized spacial score (nSPS) is 20.7. The summed E-state index contributed by atoms with van der Waals surface area (Å²) in [5.41, 5.74) is 0.598. The highest BCUT2D eigenvalue weighted by Gasteiger charge is 2.17. The molecule has 0 bridgehead atoms. The van der Waals surface area contributed by atoms with Crippen LogP contribution in [0.2, 0.25) is 0 Å². The Morgan fingerprint density at radius 3 is 3.13 bits per heavy atom. The van der Waals surface area contributed by atoms with Gasteiger partial charge in [-0.3, -0.25) is 4.79 Å². The van der Waals surface area contributed by atoms with Gasteiger partial charge in [0.1, 0.15) is 5.82 Å². The lowest BCUT2D eigenvalue weighted by atomic mass is 10.2. The summed E-state index contributed by atoms with van der Waals surface area (Å²) in [4.78, 5) is 18.5. The van der Waals surface area contributed by atoms with Crippen molar-refractivity contribution in [2.45, 2.75) is 30.7 Å². The number of H-pyrrole nitrogens is 1. The highest BCUT2D eigenvalue weighted by Crippen LogP contribution is 2.14. The Morgan fingerprint density at radius 1 is 1.67 bits per heavy atom. The van der Waals surface area contributed by atoms with Gasteiger partial charge >= 0.3 is 0 Å². The van der Waals surface area contributed by atoms with Crippen LogP contribution in [0.5, 0.6) is 0 Å². The largest absolute Gasteiger partial charge is 0.378 e. The lowest BCUT2D eigenvalue weighted by molar-refractivity contribution is 0.110. The maximum absolute atomic E-state index is 11.5. The van der Waals surface area contributed by atoms with Crippen molar-refractivity contribution in [3.63, 3.8) is 0 Å². The van der Waals surface area contributed by atoms with E-state index >= 15 is 0 Å². The van der Waals surface area contributed by atoms with Crippen molar-refractivity contribution >= 4 is 15.9 Å². The van der Waals surface area contributed by atoms with Crippen molar-refractivity contribution in [3.05, 3.63) is 27.9 Å². The molecular formula is C10H13BrN2O2. The first-order valence-corrected chi connectivity index (χ1v) is 6.16. The minimum Gasteiger partial charge on any atom is -0.378 e. The molecule has 1 aromatic rings. The minimum absolute atomic E-state index is 0.0603. The quantitative estimate of drug-likeness (QED) is 0.847. The standard InChI is InChI=1S/C10H13BrN2O2/c11-5-7-6-12-9(13-10(7)14)4-8-2-1-3-15-8/h6,8H,1-5H2,(H,12,13,14). The lowest BCUT2D eigenvalue weighted by Crippen LogP contribution is -2.19. The molecule has 0 saturated carbocycles. The Morgan fingerprint density at radius 2 is 2.53 bits per heavy atom. The molecule has 4 nitrogen and oxygen atoms in total. The molecule has 1 N–H and O–H groups in total. The van der Waals surface area contributed by atoms with E-state index in [1.165, 1.54) is 0 Å². The van der Waals surface area contributed by atoms with Crippen molar-refractivity contribution in [2.75, 3.05) is 6.61 Å². The van der Waals surface area contributed by atoms with Crippen LogP contribution in [0.4, 0.5) is 0 Å². The van der Waals surface area contributed by atoms with Crippen LogP contribution in [0.3, 0.4) is 0 Å². The van der Waals surface area contributed by atoms with Gasteiger partial charge in [-0.05, 0) is 12.8 Å². The first kappa shape index (κ1) is 10.8. The second-order valence-electron chi connectivity index (χ2n) is 3.66. The molecule has 1 unspecified atom stereocenters. The number of aromatic amines is 1. The maximum Gasteiger partial charge on any atom is 0.254 e. The zero-order valence-corrected chi connectivity index (χ0v) is 9.92. The van der Waals surface area contributed by atoms with E-state index in [0.717, 1.165) is 25.3 Å². The summed E-state index contributed by atoms with van der Waals surface area (Å²) in [6, 6.07) is 0.